The van der Waals surface area contributed by atoms with Gasteiger partial charge in [0, 0.05) is 49.3 Å². The number of benzene rings is 2. The highest BCUT2D eigenvalue weighted by molar-refractivity contribution is 7.21. The van der Waals surface area contributed by atoms with Gasteiger partial charge in [-0.05, 0) is 62.4 Å². The Balaban J connectivity index is 1.34. The number of nitrogens with zero attached hydrogens (tertiary/aromatic N) is 4. The van der Waals surface area contributed by atoms with Gasteiger partial charge in [0.05, 0.1) is 0 Å². The van der Waals surface area contributed by atoms with Crippen molar-refractivity contribution in [1.82, 2.24) is 14.9 Å². The Kier molecular flexibility index (Phi) is 5.34. The molecule has 2 aromatic carbocycles. The SMILES string of the molecule is Cc1ccc(C)c(-c2cnc3sc(Nc4ccc(N5CCN(C)CC5)cc4)nc3c2)c1. The first-order chi connectivity index (χ1) is 15.0. The largest absolute Gasteiger partial charge is 0.369 e. The van der Waals surface area contributed by atoms with Crippen molar-refractivity contribution in [3.8, 4) is 11.1 Å². The first kappa shape index (κ1) is 20.0. The Labute approximate surface area is 187 Å². The number of pyridine rings is 1. The molecule has 3 heterocycles. The second kappa shape index (κ2) is 8.29. The third kappa shape index (κ3) is 4.27. The van der Waals surface area contributed by atoms with Gasteiger partial charge in [0.15, 0.2) is 5.13 Å². The topological polar surface area (TPSA) is 44.3 Å². The number of aromatic nitrogens is 2. The lowest BCUT2D eigenvalue weighted by Crippen LogP contribution is -2.44. The Morgan fingerprint density at radius 3 is 2.48 bits per heavy atom. The van der Waals surface area contributed by atoms with Crippen LogP contribution in [0.2, 0.25) is 0 Å². The van der Waals surface area contributed by atoms with Crippen LogP contribution in [0.1, 0.15) is 11.1 Å². The Morgan fingerprint density at radius 2 is 1.71 bits per heavy atom. The number of piperazine rings is 1. The molecular formula is C25H27N5S. The van der Waals surface area contributed by atoms with Crippen molar-refractivity contribution < 1.29 is 0 Å². The summed E-state index contributed by atoms with van der Waals surface area (Å²) in [7, 11) is 2.18. The molecule has 158 valence electrons. The standard InChI is InChI=1S/C25H27N5S/c1-17-4-5-18(2)22(14-17)19-15-23-24(26-16-19)31-25(28-23)27-20-6-8-21(9-7-20)30-12-10-29(3)11-13-30/h4-9,14-16H,10-13H2,1-3H3,(H,27,28). The van der Waals surface area contributed by atoms with E-state index < -0.39 is 0 Å². The van der Waals surface area contributed by atoms with Crippen molar-refractivity contribution in [2.75, 3.05) is 43.4 Å². The van der Waals surface area contributed by atoms with E-state index in [1.807, 2.05) is 6.20 Å². The molecule has 31 heavy (non-hydrogen) atoms. The lowest BCUT2D eigenvalue weighted by molar-refractivity contribution is 0.313. The molecule has 4 aromatic rings. The van der Waals surface area contributed by atoms with Crippen molar-refractivity contribution in [3.05, 3.63) is 65.9 Å². The zero-order valence-electron chi connectivity index (χ0n) is 18.2. The molecule has 1 N–H and O–H groups in total. The van der Waals surface area contributed by atoms with Crippen molar-refractivity contribution in [3.63, 3.8) is 0 Å². The number of rotatable bonds is 4. The summed E-state index contributed by atoms with van der Waals surface area (Å²) in [5.74, 6) is 0. The maximum absolute atomic E-state index is 4.80. The zero-order valence-corrected chi connectivity index (χ0v) is 19.0. The number of likely N-dealkylation sites (N-methyl/N-ethyl adjacent to an activating group) is 1. The van der Waals surface area contributed by atoms with Gasteiger partial charge in [-0.3, -0.25) is 0 Å². The van der Waals surface area contributed by atoms with E-state index in [1.54, 1.807) is 11.3 Å². The first-order valence-corrected chi connectivity index (χ1v) is 11.5. The van der Waals surface area contributed by atoms with E-state index in [0.29, 0.717) is 0 Å². The quantitative estimate of drug-likeness (QED) is 0.466. The summed E-state index contributed by atoms with van der Waals surface area (Å²) >= 11 is 1.59. The number of fused-ring (bicyclic) bond motifs is 1. The van der Waals surface area contributed by atoms with Gasteiger partial charge in [0.2, 0.25) is 0 Å². The molecule has 5 rings (SSSR count). The van der Waals surface area contributed by atoms with Gasteiger partial charge in [-0.1, -0.05) is 35.1 Å². The second-order valence-corrected chi connectivity index (χ2v) is 9.33. The predicted molar refractivity (Wildman–Crippen MR) is 132 cm³/mol. The molecule has 2 aromatic heterocycles. The van der Waals surface area contributed by atoms with Gasteiger partial charge in [-0.2, -0.15) is 0 Å². The summed E-state index contributed by atoms with van der Waals surface area (Å²) in [5.41, 5.74) is 8.09. The van der Waals surface area contributed by atoms with Crippen LogP contribution in [-0.4, -0.2) is 48.1 Å². The van der Waals surface area contributed by atoms with Crippen molar-refractivity contribution in [2.24, 2.45) is 0 Å². The molecule has 0 saturated carbocycles. The summed E-state index contributed by atoms with van der Waals surface area (Å²) in [6, 6.07) is 17.3. The van der Waals surface area contributed by atoms with Crippen LogP contribution in [0.5, 0.6) is 0 Å². The van der Waals surface area contributed by atoms with Crippen LogP contribution in [-0.2, 0) is 0 Å². The second-order valence-electron chi connectivity index (χ2n) is 8.35. The van der Waals surface area contributed by atoms with Crippen LogP contribution < -0.4 is 10.2 Å². The molecule has 0 atom stereocenters. The zero-order chi connectivity index (χ0) is 21.4. The monoisotopic (exact) mass is 429 g/mol. The molecule has 6 heteroatoms. The fourth-order valence-electron chi connectivity index (χ4n) is 4.01. The lowest BCUT2D eigenvalue weighted by atomic mass is 10.00. The summed E-state index contributed by atoms with van der Waals surface area (Å²) < 4.78 is 0. The first-order valence-electron chi connectivity index (χ1n) is 10.7. The molecule has 1 aliphatic rings. The van der Waals surface area contributed by atoms with Crippen LogP contribution in [0, 0.1) is 13.8 Å². The van der Waals surface area contributed by atoms with Gasteiger partial charge < -0.3 is 15.1 Å². The molecule has 0 radical (unpaired) electrons. The van der Waals surface area contributed by atoms with Gasteiger partial charge in [-0.15, -0.1) is 0 Å². The predicted octanol–water partition coefficient (Wildman–Crippen LogP) is 5.47. The minimum atomic E-state index is 0.868. The molecule has 0 amide bonds. The summed E-state index contributed by atoms with van der Waals surface area (Å²) in [5, 5.41) is 4.32. The highest BCUT2D eigenvalue weighted by Gasteiger charge is 2.14. The third-order valence-electron chi connectivity index (χ3n) is 5.94. The molecule has 0 bridgehead atoms. The average molecular weight is 430 g/mol. The van der Waals surface area contributed by atoms with E-state index in [4.69, 9.17) is 4.98 Å². The number of aryl methyl sites for hydroxylation is 2. The van der Waals surface area contributed by atoms with E-state index in [-0.39, 0.29) is 0 Å². The number of hydrogen-bond donors (Lipinski definition) is 1. The molecule has 1 fully saturated rings. The van der Waals surface area contributed by atoms with Gasteiger partial charge >= 0.3 is 0 Å². The van der Waals surface area contributed by atoms with Crippen molar-refractivity contribution >= 4 is 38.2 Å². The summed E-state index contributed by atoms with van der Waals surface area (Å²) in [4.78, 5) is 15.2. The van der Waals surface area contributed by atoms with Crippen LogP contribution in [0.3, 0.4) is 0 Å². The van der Waals surface area contributed by atoms with E-state index in [9.17, 15) is 0 Å². The fraction of sp³-hybridized carbons (Fsp3) is 0.280. The number of nitrogens with one attached hydrogen (secondary N) is 1. The van der Waals surface area contributed by atoms with Crippen LogP contribution in [0.15, 0.2) is 54.7 Å². The van der Waals surface area contributed by atoms with Gasteiger partial charge in [0.1, 0.15) is 10.3 Å². The van der Waals surface area contributed by atoms with E-state index in [1.165, 1.54) is 22.4 Å². The Bertz CT molecular complexity index is 1210. The van der Waals surface area contributed by atoms with Gasteiger partial charge in [0.25, 0.3) is 0 Å². The average Bonchev–Trinajstić information content (AvgIpc) is 3.18. The molecule has 0 spiro atoms. The van der Waals surface area contributed by atoms with E-state index in [2.05, 4.69) is 89.5 Å². The molecule has 1 aliphatic heterocycles. The molecule has 1 saturated heterocycles. The van der Waals surface area contributed by atoms with E-state index >= 15 is 0 Å². The minimum Gasteiger partial charge on any atom is -0.369 e. The summed E-state index contributed by atoms with van der Waals surface area (Å²) in [6.45, 7) is 8.64. The number of thiazole rings is 1. The Hall–Kier alpha value is -2.96. The van der Waals surface area contributed by atoms with Crippen molar-refractivity contribution in [1.29, 1.82) is 0 Å². The number of anilines is 3. The summed E-state index contributed by atoms with van der Waals surface area (Å²) in [6.07, 6.45) is 1.96. The van der Waals surface area contributed by atoms with Crippen molar-refractivity contribution in [2.45, 2.75) is 13.8 Å². The van der Waals surface area contributed by atoms with Crippen LogP contribution >= 0.6 is 11.3 Å². The highest BCUT2D eigenvalue weighted by Crippen LogP contribution is 2.32. The Morgan fingerprint density at radius 1 is 0.935 bits per heavy atom. The third-order valence-corrected chi connectivity index (χ3v) is 6.83. The molecular weight excluding hydrogens is 402 g/mol. The highest BCUT2D eigenvalue weighted by atomic mass is 32.1. The number of hydrogen-bond acceptors (Lipinski definition) is 6. The normalized spacial score (nSPS) is 14.9. The lowest BCUT2D eigenvalue weighted by Gasteiger charge is -2.34. The molecule has 0 aliphatic carbocycles. The van der Waals surface area contributed by atoms with E-state index in [0.717, 1.165) is 52.9 Å². The smallest absolute Gasteiger partial charge is 0.189 e. The van der Waals surface area contributed by atoms with Crippen LogP contribution in [0.25, 0.3) is 21.5 Å². The molecule has 0 unspecified atom stereocenters. The molecule has 5 nitrogen and oxygen atoms in total. The maximum atomic E-state index is 4.80. The minimum absolute atomic E-state index is 0.868. The maximum Gasteiger partial charge on any atom is 0.189 e. The fourth-order valence-corrected chi connectivity index (χ4v) is 4.83. The van der Waals surface area contributed by atoms with Crippen LogP contribution in [0.4, 0.5) is 16.5 Å². The van der Waals surface area contributed by atoms with Gasteiger partial charge in [-0.25, -0.2) is 9.97 Å².